The monoisotopic (exact) mass is 614 g/mol. The first-order valence-corrected chi connectivity index (χ1v) is 16.3. The number of nitrogens with zero attached hydrogens (tertiary/aromatic N) is 3. The molecule has 0 saturated carbocycles. The second kappa shape index (κ2) is 10.6. The lowest BCUT2D eigenvalue weighted by Gasteiger charge is -2.38. The van der Waals surface area contributed by atoms with E-state index in [4.69, 9.17) is 14.7 Å². The van der Waals surface area contributed by atoms with Gasteiger partial charge in [-0.2, -0.15) is 0 Å². The predicted octanol–water partition coefficient (Wildman–Crippen LogP) is 11.9. The maximum absolute atomic E-state index is 6.80. The molecular weight excluding hydrogens is 587 g/mol. The molecule has 1 aliphatic rings. The van der Waals surface area contributed by atoms with Crippen LogP contribution in [0.5, 0.6) is 0 Å². The number of benzene rings is 7. The molecule has 0 fully saturated rings. The topological polar surface area (TPSA) is 44.5 Å². The molecule has 4 nitrogen and oxygen atoms in total. The first-order chi connectivity index (χ1) is 23.8. The Labute approximate surface area is 277 Å². The minimum atomic E-state index is -0.409. The maximum atomic E-state index is 6.80. The number of rotatable bonds is 4. The summed E-state index contributed by atoms with van der Waals surface area (Å²) in [6, 6.07) is 57.3. The van der Waals surface area contributed by atoms with E-state index in [2.05, 4.69) is 156 Å². The van der Waals surface area contributed by atoms with E-state index in [-0.39, 0.29) is 0 Å². The Hall–Kier alpha value is -6.39. The van der Waals surface area contributed by atoms with Crippen molar-refractivity contribution in [2.45, 2.75) is 6.17 Å². The van der Waals surface area contributed by atoms with Crippen LogP contribution in [0.4, 0.5) is 5.69 Å². The molecule has 3 heterocycles. The van der Waals surface area contributed by atoms with Crippen LogP contribution in [-0.2, 0) is 0 Å². The number of hydrogen-bond donors (Lipinski definition) is 0. The van der Waals surface area contributed by atoms with Gasteiger partial charge in [-0.3, -0.25) is 4.99 Å². The first kappa shape index (κ1) is 26.8. The van der Waals surface area contributed by atoms with Gasteiger partial charge in [0.1, 0.15) is 5.58 Å². The lowest BCUT2D eigenvalue weighted by molar-refractivity contribution is 0.666. The molecule has 0 aliphatic carbocycles. The first-order valence-electron chi connectivity index (χ1n) is 16.3. The van der Waals surface area contributed by atoms with Crippen molar-refractivity contribution in [1.29, 1.82) is 0 Å². The van der Waals surface area contributed by atoms with Crippen LogP contribution in [-0.4, -0.2) is 10.3 Å². The zero-order valence-corrected chi connectivity index (χ0v) is 25.9. The predicted molar refractivity (Wildman–Crippen MR) is 198 cm³/mol. The Morgan fingerprint density at radius 1 is 0.542 bits per heavy atom. The second-order valence-corrected chi connectivity index (χ2v) is 12.3. The average Bonchev–Trinajstić information content (AvgIpc) is 3.71. The second-order valence-electron chi connectivity index (χ2n) is 12.3. The Bertz CT molecular complexity index is 2700. The van der Waals surface area contributed by atoms with Crippen LogP contribution in [0.1, 0.15) is 22.9 Å². The summed E-state index contributed by atoms with van der Waals surface area (Å²) in [5, 5.41) is 9.70. The van der Waals surface area contributed by atoms with E-state index in [9.17, 15) is 0 Å². The smallest absolute Gasteiger partial charge is 0.159 e. The van der Waals surface area contributed by atoms with E-state index >= 15 is 0 Å². The molecule has 2 aromatic heterocycles. The van der Waals surface area contributed by atoms with Crippen LogP contribution < -0.4 is 0 Å². The van der Waals surface area contributed by atoms with Crippen molar-refractivity contribution >= 4 is 55.1 Å². The molecule has 48 heavy (non-hydrogen) atoms. The SMILES string of the molecule is c1ccc(C2=NC(c3cccc4oc5c(-n6c7ccccc7c7cc(-c8ccccc8)ccc76)cccc5c34)[N-]c3ccccc32)cc1. The van der Waals surface area contributed by atoms with Gasteiger partial charge in [0.15, 0.2) is 5.58 Å². The number of hydrogen-bond acceptors (Lipinski definition) is 2. The molecule has 4 heteroatoms. The maximum Gasteiger partial charge on any atom is 0.159 e. The van der Waals surface area contributed by atoms with Crippen molar-refractivity contribution in [1.82, 2.24) is 4.57 Å². The van der Waals surface area contributed by atoms with Crippen LogP contribution in [0.25, 0.3) is 65.9 Å². The fraction of sp³-hybridized carbons (Fsp3) is 0.0227. The van der Waals surface area contributed by atoms with Gasteiger partial charge in [0, 0.05) is 33.3 Å². The van der Waals surface area contributed by atoms with Gasteiger partial charge in [-0.1, -0.05) is 133 Å². The van der Waals surface area contributed by atoms with Crippen molar-refractivity contribution < 1.29 is 4.42 Å². The van der Waals surface area contributed by atoms with Gasteiger partial charge in [0.25, 0.3) is 0 Å². The van der Waals surface area contributed by atoms with Gasteiger partial charge in [-0.25, -0.2) is 0 Å². The molecule has 0 amide bonds. The van der Waals surface area contributed by atoms with E-state index in [1.807, 2.05) is 12.1 Å². The van der Waals surface area contributed by atoms with Crippen molar-refractivity contribution in [2.75, 3.05) is 0 Å². The highest BCUT2D eigenvalue weighted by molar-refractivity contribution is 6.18. The van der Waals surface area contributed by atoms with Crippen LogP contribution >= 0.6 is 0 Å². The fourth-order valence-corrected chi connectivity index (χ4v) is 7.40. The summed E-state index contributed by atoms with van der Waals surface area (Å²) >= 11 is 0. The zero-order valence-electron chi connectivity index (χ0n) is 25.9. The largest absolute Gasteiger partial charge is 0.659 e. The van der Waals surface area contributed by atoms with Gasteiger partial charge in [-0.15, -0.1) is 5.69 Å². The van der Waals surface area contributed by atoms with E-state index in [0.29, 0.717) is 0 Å². The summed E-state index contributed by atoms with van der Waals surface area (Å²) in [5.74, 6) is 0. The summed E-state index contributed by atoms with van der Waals surface area (Å²) in [5.41, 5.74) is 12.4. The lowest BCUT2D eigenvalue weighted by atomic mass is 9.96. The molecule has 0 saturated heterocycles. The van der Waals surface area contributed by atoms with Crippen molar-refractivity contribution in [2.24, 2.45) is 4.99 Å². The van der Waals surface area contributed by atoms with E-state index in [1.165, 1.54) is 21.9 Å². The van der Waals surface area contributed by atoms with Gasteiger partial charge in [-0.05, 0) is 52.6 Å². The Morgan fingerprint density at radius 2 is 1.25 bits per heavy atom. The van der Waals surface area contributed by atoms with E-state index < -0.39 is 6.17 Å². The van der Waals surface area contributed by atoms with Crippen LogP contribution in [0, 0.1) is 0 Å². The Kier molecular flexibility index (Phi) is 5.90. The summed E-state index contributed by atoms with van der Waals surface area (Å²) in [4.78, 5) is 5.29. The minimum absolute atomic E-state index is 0.409. The number of aromatic nitrogens is 1. The molecule has 0 N–H and O–H groups in total. The fourth-order valence-electron chi connectivity index (χ4n) is 7.40. The van der Waals surface area contributed by atoms with Gasteiger partial charge >= 0.3 is 0 Å². The molecule has 10 rings (SSSR count). The lowest BCUT2D eigenvalue weighted by Crippen LogP contribution is -2.12. The number of fused-ring (bicyclic) bond motifs is 7. The summed E-state index contributed by atoms with van der Waals surface area (Å²) < 4.78 is 9.14. The highest BCUT2D eigenvalue weighted by atomic mass is 16.3. The molecule has 1 aliphatic heterocycles. The van der Waals surface area contributed by atoms with E-state index in [1.54, 1.807) is 0 Å². The molecule has 9 aromatic rings. The normalized spacial score (nSPS) is 14.3. The third-order valence-corrected chi connectivity index (χ3v) is 9.55. The summed E-state index contributed by atoms with van der Waals surface area (Å²) in [6.45, 7) is 0. The zero-order chi connectivity index (χ0) is 31.6. The Morgan fingerprint density at radius 3 is 2.12 bits per heavy atom. The summed E-state index contributed by atoms with van der Waals surface area (Å²) in [6.07, 6.45) is -0.409. The van der Waals surface area contributed by atoms with Crippen LogP contribution in [0.3, 0.4) is 0 Å². The molecular formula is C44H28N3O-. The minimum Gasteiger partial charge on any atom is -0.659 e. The Balaban J connectivity index is 1.19. The van der Waals surface area contributed by atoms with Crippen molar-refractivity contribution in [3.05, 3.63) is 186 Å². The van der Waals surface area contributed by atoms with E-state index in [0.717, 1.165) is 66.7 Å². The number of aliphatic imine (C=N–C) groups is 1. The molecule has 1 atom stereocenters. The summed E-state index contributed by atoms with van der Waals surface area (Å²) in [7, 11) is 0. The quantitative estimate of drug-likeness (QED) is 0.194. The van der Waals surface area contributed by atoms with Gasteiger partial charge in [0.05, 0.1) is 22.4 Å². The van der Waals surface area contributed by atoms with Crippen molar-refractivity contribution in [3.63, 3.8) is 0 Å². The molecule has 0 bridgehead atoms. The molecule has 7 aromatic carbocycles. The molecule has 1 unspecified atom stereocenters. The van der Waals surface area contributed by atoms with Gasteiger partial charge in [0.2, 0.25) is 0 Å². The standard InChI is InChI=1S/C44H28N3O/c1-3-13-28(14-4-1)30-25-26-38-35(27-30)31-17-8-10-22-37(31)47(38)39-23-11-19-33-41-34(20-12-24-40(41)48-43(33)39)44-45-36-21-9-7-18-32(36)42(46-44)29-15-5-2-6-16-29/h1-27,44H/q-1. The highest BCUT2D eigenvalue weighted by Crippen LogP contribution is 2.46. The molecule has 0 spiro atoms. The third kappa shape index (κ3) is 4.06. The average molecular weight is 615 g/mol. The highest BCUT2D eigenvalue weighted by Gasteiger charge is 2.22. The van der Waals surface area contributed by atoms with Crippen LogP contribution in [0.2, 0.25) is 0 Å². The molecule has 0 radical (unpaired) electrons. The van der Waals surface area contributed by atoms with Crippen LogP contribution in [0.15, 0.2) is 173 Å². The molecule has 226 valence electrons. The van der Waals surface area contributed by atoms with Crippen molar-refractivity contribution in [3.8, 4) is 16.8 Å². The third-order valence-electron chi connectivity index (χ3n) is 9.55. The van der Waals surface area contributed by atoms with Gasteiger partial charge < -0.3 is 14.3 Å². The number of para-hydroxylation sites is 3. The number of furan rings is 1.